The summed E-state index contributed by atoms with van der Waals surface area (Å²) in [6.45, 7) is 6.62. The lowest BCUT2D eigenvalue weighted by atomic mass is 9.94. The van der Waals surface area contributed by atoms with Crippen LogP contribution in [-0.4, -0.2) is 115 Å². The number of amides is 1. The molecule has 8 aromatic rings. The van der Waals surface area contributed by atoms with Crippen LogP contribution in [0.5, 0.6) is 0 Å². The van der Waals surface area contributed by atoms with E-state index in [-0.39, 0.29) is 0 Å². The van der Waals surface area contributed by atoms with Gasteiger partial charge in [0.1, 0.15) is 12.7 Å². The molecule has 2 saturated heterocycles. The number of anilines is 8. The van der Waals surface area contributed by atoms with E-state index < -0.39 is 5.91 Å². The molecule has 2 aliphatic heterocycles. The smallest absolute Gasteiger partial charge is 0.248 e. The van der Waals surface area contributed by atoms with Gasteiger partial charge in [0.25, 0.3) is 0 Å². The molecule has 70 heavy (non-hydrogen) atoms. The summed E-state index contributed by atoms with van der Waals surface area (Å²) in [5.74, 6) is 3.11. The van der Waals surface area contributed by atoms with E-state index in [0.29, 0.717) is 54.8 Å². The van der Waals surface area contributed by atoms with Crippen molar-refractivity contribution in [2.75, 3.05) is 89.6 Å². The number of carbonyl (C=O) groups excluding carboxylic acids is 1. The molecule has 0 radical (unpaired) electrons. The largest absolute Gasteiger partial charge is 0.366 e. The Morgan fingerprint density at radius 3 is 1.60 bits per heavy atom. The van der Waals surface area contributed by atoms with Crippen molar-refractivity contribution in [2.45, 2.75) is 19.4 Å². The number of rotatable bonds is 16. The summed E-state index contributed by atoms with van der Waals surface area (Å²) in [6.07, 6.45) is 12.2. The third-order valence-corrected chi connectivity index (χ3v) is 12.3. The van der Waals surface area contributed by atoms with Gasteiger partial charge in [-0.3, -0.25) is 4.79 Å². The highest BCUT2D eigenvalue weighted by molar-refractivity contribution is 5.93. The number of aromatic nitrogens is 10. The first-order chi connectivity index (χ1) is 34.4. The Morgan fingerprint density at radius 2 is 1.04 bits per heavy atom. The Balaban J connectivity index is 0.694. The molecule has 0 aliphatic carbocycles. The van der Waals surface area contributed by atoms with Crippen LogP contribution in [-0.2, 0) is 19.4 Å². The van der Waals surface area contributed by atoms with Gasteiger partial charge in [0.2, 0.25) is 41.6 Å². The molecule has 0 unspecified atom stereocenters. The number of benzene rings is 4. The average molecular weight is 933 g/mol. The third-order valence-electron chi connectivity index (χ3n) is 12.3. The molecule has 352 valence electrons. The van der Waals surface area contributed by atoms with Gasteiger partial charge in [-0.2, -0.15) is 9.97 Å². The van der Waals surface area contributed by atoms with Crippen LogP contribution in [0.25, 0.3) is 11.1 Å². The van der Waals surface area contributed by atoms with Crippen molar-refractivity contribution >= 4 is 53.0 Å². The van der Waals surface area contributed by atoms with Crippen LogP contribution in [0.1, 0.15) is 38.2 Å². The molecule has 2 fully saturated rings. The summed E-state index contributed by atoms with van der Waals surface area (Å²) in [4.78, 5) is 66.0. The van der Waals surface area contributed by atoms with Gasteiger partial charge >= 0.3 is 0 Å². The fraction of sp³-hybridized carbons (Fsp3) is 0.235. The number of hydrogen-bond donors (Lipinski definition) is 4. The number of hydrogen-bond acceptors (Lipinski definition) is 18. The minimum atomic E-state index is -0.477. The molecule has 6 heterocycles. The van der Waals surface area contributed by atoms with Gasteiger partial charge < -0.3 is 41.3 Å². The Bertz CT molecular complexity index is 3010. The lowest BCUT2D eigenvalue weighted by Gasteiger charge is -2.34. The van der Waals surface area contributed by atoms with Crippen LogP contribution in [0.2, 0.25) is 0 Å². The predicted octanol–water partition coefficient (Wildman–Crippen LogP) is 5.44. The van der Waals surface area contributed by atoms with Crippen molar-refractivity contribution in [1.29, 1.82) is 0 Å². The number of piperazine rings is 2. The van der Waals surface area contributed by atoms with E-state index in [4.69, 9.17) is 30.7 Å². The number of primary amides is 1. The van der Waals surface area contributed by atoms with Crippen LogP contribution in [0.15, 0.2) is 135 Å². The maximum atomic E-state index is 11.4. The van der Waals surface area contributed by atoms with Gasteiger partial charge in [-0.1, -0.05) is 60.7 Å². The van der Waals surface area contributed by atoms with Gasteiger partial charge in [-0.25, -0.2) is 39.9 Å². The minimum absolute atomic E-state index is 0.415. The van der Waals surface area contributed by atoms with Crippen molar-refractivity contribution < 1.29 is 4.79 Å². The van der Waals surface area contributed by atoms with Crippen molar-refractivity contribution in [3.8, 4) is 11.1 Å². The Kier molecular flexibility index (Phi) is 13.6. The molecule has 0 spiro atoms. The number of nitrogens with two attached hydrogens (primary N) is 1. The predicted molar refractivity (Wildman–Crippen MR) is 271 cm³/mol. The van der Waals surface area contributed by atoms with Gasteiger partial charge in [0.05, 0.1) is 0 Å². The number of nitrogens with one attached hydrogen (secondary N) is 3. The van der Waals surface area contributed by atoms with E-state index >= 15 is 0 Å². The molecule has 19 heteroatoms. The maximum absolute atomic E-state index is 11.4. The lowest BCUT2D eigenvalue weighted by Crippen LogP contribution is -2.47. The zero-order valence-corrected chi connectivity index (χ0v) is 38.7. The first kappa shape index (κ1) is 45.1. The van der Waals surface area contributed by atoms with Crippen LogP contribution >= 0.6 is 0 Å². The first-order valence-electron chi connectivity index (χ1n) is 23.2. The van der Waals surface area contributed by atoms with E-state index in [2.05, 4.69) is 121 Å². The maximum Gasteiger partial charge on any atom is 0.248 e. The van der Waals surface area contributed by atoms with Crippen LogP contribution in [0, 0.1) is 0 Å². The van der Waals surface area contributed by atoms with Gasteiger partial charge in [-0.05, 0) is 82.4 Å². The first-order valence-corrected chi connectivity index (χ1v) is 23.2. The number of carbonyl (C=O) groups is 1. The fourth-order valence-electron chi connectivity index (χ4n) is 8.57. The van der Waals surface area contributed by atoms with Crippen LogP contribution in [0.4, 0.5) is 47.1 Å². The lowest BCUT2D eigenvalue weighted by molar-refractivity contribution is 0.1000. The average Bonchev–Trinajstić information content (AvgIpc) is 3.40. The van der Waals surface area contributed by atoms with Gasteiger partial charge in [0.15, 0.2) is 0 Å². The second-order valence-electron chi connectivity index (χ2n) is 17.1. The van der Waals surface area contributed by atoms with Crippen molar-refractivity contribution in [3.63, 3.8) is 0 Å². The third kappa shape index (κ3) is 11.0. The molecule has 0 saturated carbocycles. The molecule has 5 N–H and O–H groups in total. The van der Waals surface area contributed by atoms with E-state index in [1.165, 1.54) is 28.6 Å². The molecule has 10 rings (SSSR count). The van der Waals surface area contributed by atoms with Crippen molar-refractivity contribution in [1.82, 2.24) is 55.2 Å². The molecule has 19 nitrogen and oxygen atoms in total. The summed E-state index contributed by atoms with van der Waals surface area (Å²) in [5, 5.41) is 9.67. The SMILES string of the molecule is CNCc1cccc(Nc2ncnc(N3CCN(c4ncc(Cc5ccc(-c6ccccc6Cc6cnc(N7CCN(c8ncnc(Nc9ccc(C(N)=O)cc9)n8)CC7)nc6)cc5)cn4)CC3)n2)c1. The minimum Gasteiger partial charge on any atom is -0.366 e. The summed E-state index contributed by atoms with van der Waals surface area (Å²) < 4.78 is 0. The number of nitrogens with zero attached hydrogens (tertiary/aromatic N) is 14. The quantitative estimate of drug-likeness (QED) is 0.0947. The van der Waals surface area contributed by atoms with E-state index in [0.717, 1.165) is 86.2 Å². The van der Waals surface area contributed by atoms with Crippen LogP contribution < -0.4 is 41.3 Å². The Hall–Kier alpha value is -8.71. The summed E-state index contributed by atoms with van der Waals surface area (Å²) >= 11 is 0. The van der Waals surface area contributed by atoms with Crippen molar-refractivity contribution in [3.05, 3.63) is 168 Å². The molecule has 0 bridgehead atoms. The zero-order chi connectivity index (χ0) is 47.7. The van der Waals surface area contributed by atoms with Crippen molar-refractivity contribution in [2.24, 2.45) is 5.73 Å². The second kappa shape index (κ2) is 21.1. The van der Waals surface area contributed by atoms with E-state index in [9.17, 15) is 4.79 Å². The Morgan fingerprint density at radius 1 is 0.514 bits per heavy atom. The summed E-state index contributed by atoms with van der Waals surface area (Å²) in [7, 11) is 1.93. The molecular weight excluding hydrogens is 881 g/mol. The van der Waals surface area contributed by atoms with Crippen LogP contribution in [0.3, 0.4) is 0 Å². The summed E-state index contributed by atoms with van der Waals surface area (Å²) in [6, 6.07) is 32.3. The molecule has 0 atom stereocenters. The summed E-state index contributed by atoms with van der Waals surface area (Å²) in [5.41, 5.74) is 15.5. The molecule has 4 aromatic heterocycles. The monoisotopic (exact) mass is 932 g/mol. The highest BCUT2D eigenvalue weighted by Gasteiger charge is 2.23. The normalized spacial score (nSPS) is 13.8. The standard InChI is InChI=1S/C51H52N18O/c1-53-28-36-5-4-7-43(27-36)63-47-59-34-61-51(65-47)69-23-17-66(18-24-69)48-54-29-37(30-55-48)25-35-9-11-39(12-10-35)44-8-3-2-6-41(44)26-38-31-56-49(57-32-38)67-19-21-68(22-20-67)50-60-33-58-46(64-50)62-42-15-13-40(14-16-42)45(52)70/h2-16,27,29-34,53H,17-26,28H2,1H3,(H2,52,70)(H,58,60,62,64)(H,59,61,63,65). The molecule has 1 amide bonds. The van der Waals surface area contributed by atoms with Gasteiger partial charge in [-0.15, -0.1) is 0 Å². The molecule has 4 aromatic carbocycles. The molecule has 2 aliphatic rings. The fourth-order valence-corrected chi connectivity index (χ4v) is 8.57. The Labute approximate surface area is 405 Å². The zero-order valence-electron chi connectivity index (χ0n) is 38.7. The van der Waals surface area contributed by atoms with E-state index in [1.54, 1.807) is 30.6 Å². The van der Waals surface area contributed by atoms with E-state index in [1.807, 2.05) is 44.0 Å². The van der Waals surface area contributed by atoms with Gasteiger partial charge in [0, 0.05) is 113 Å². The highest BCUT2D eigenvalue weighted by atomic mass is 16.1. The second-order valence-corrected chi connectivity index (χ2v) is 17.1. The topological polar surface area (TPSA) is 221 Å². The molecular formula is C51H52N18O. The highest BCUT2D eigenvalue weighted by Crippen LogP contribution is 2.28.